The minimum atomic E-state index is -0.367. The molecule has 0 spiro atoms. The van der Waals surface area contributed by atoms with Crippen molar-refractivity contribution in [3.63, 3.8) is 0 Å². The van der Waals surface area contributed by atoms with E-state index < -0.39 is 0 Å². The lowest BCUT2D eigenvalue weighted by Crippen LogP contribution is -2.12. The predicted octanol–water partition coefficient (Wildman–Crippen LogP) is 4.58. The first-order valence-corrected chi connectivity index (χ1v) is 8.12. The molecule has 2 aromatic carbocycles. The molecule has 0 aliphatic carbocycles. The van der Waals surface area contributed by atoms with Gasteiger partial charge in [-0.2, -0.15) is 5.26 Å². The maximum atomic E-state index is 11.9. The summed E-state index contributed by atoms with van der Waals surface area (Å²) in [6.07, 6.45) is 0.992. The average Bonchev–Trinajstić information content (AvgIpc) is 2.62. The van der Waals surface area contributed by atoms with Gasteiger partial charge in [-0.05, 0) is 54.8 Å². The van der Waals surface area contributed by atoms with Crippen LogP contribution in [0.3, 0.4) is 0 Å². The van der Waals surface area contributed by atoms with E-state index in [-0.39, 0.29) is 11.1 Å². The molecule has 0 aliphatic heterocycles. The van der Waals surface area contributed by atoms with Crippen LogP contribution < -0.4 is 10.3 Å². The van der Waals surface area contributed by atoms with Gasteiger partial charge in [0.05, 0.1) is 0 Å². The second kappa shape index (κ2) is 7.06. The summed E-state index contributed by atoms with van der Waals surface area (Å²) in [5, 5.41) is 9.25. The lowest BCUT2D eigenvalue weighted by atomic mass is 10.0. The Morgan fingerprint density at radius 2 is 1.64 bits per heavy atom. The van der Waals surface area contributed by atoms with Crippen LogP contribution >= 0.6 is 0 Å². The summed E-state index contributed by atoms with van der Waals surface area (Å²) in [6, 6.07) is 19.1. The van der Waals surface area contributed by atoms with Crippen LogP contribution in [0.25, 0.3) is 11.1 Å². The molecule has 0 saturated heterocycles. The molecule has 3 rings (SSSR count). The van der Waals surface area contributed by atoms with E-state index in [0.717, 1.165) is 23.4 Å². The highest BCUT2D eigenvalue weighted by molar-refractivity contribution is 5.70. The largest absolute Gasteiger partial charge is 0.457 e. The van der Waals surface area contributed by atoms with Crippen molar-refractivity contribution in [3.8, 4) is 28.7 Å². The Bertz CT molecular complexity index is 978. The molecule has 1 heterocycles. The van der Waals surface area contributed by atoms with Gasteiger partial charge < -0.3 is 9.72 Å². The van der Waals surface area contributed by atoms with Crippen LogP contribution in [0.4, 0.5) is 0 Å². The van der Waals surface area contributed by atoms with Crippen LogP contribution in [0, 0.1) is 18.3 Å². The molecule has 25 heavy (non-hydrogen) atoms. The molecule has 0 fully saturated rings. The molecule has 4 heteroatoms. The lowest BCUT2D eigenvalue weighted by molar-refractivity contribution is 0.482. The number of H-pyrrole nitrogens is 1. The topological polar surface area (TPSA) is 65.9 Å². The molecule has 4 nitrogen and oxygen atoms in total. The summed E-state index contributed by atoms with van der Waals surface area (Å²) in [5.41, 5.74) is 3.16. The fourth-order valence-electron chi connectivity index (χ4n) is 2.66. The molecule has 1 N–H and O–H groups in total. The summed E-state index contributed by atoms with van der Waals surface area (Å²) in [6.45, 7) is 3.91. The molecular weight excluding hydrogens is 312 g/mol. The summed E-state index contributed by atoms with van der Waals surface area (Å²) >= 11 is 0. The number of nitriles is 1. The molecule has 0 radical (unpaired) electrons. The van der Waals surface area contributed by atoms with Gasteiger partial charge in [0.15, 0.2) is 0 Å². The molecule has 0 aliphatic rings. The van der Waals surface area contributed by atoms with Crippen molar-refractivity contribution in [3.05, 3.63) is 81.8 Å². The van der Waals surface area contributed by atoms with Gasteiger partial charge in [0.25, 0.3) is 5.56 Å². The summed E-state index contributed by atoms with van der Waals surface area (Å²) in [5.74, 6) is 1.47. The Morgan fingerprint density at radius 3 is 2.20 bits per heavy atom. The highest BCUT2D eigenvalue weighted by atomic mass is 16.5. The van der Waals surface area contributed by atoms with Crippen LogP contribution in [0.15, 0.2) is 59.4 Å². The van der Waals surface area contributed by atoms with Gasteiger partial charge in [0.2, 0.25) is 0 Å². The number of hydrogen-bond acceptors (Lipinski definition) is 3. The van der Waals surface area contributed by atoms with Gasteiger partial charge in [-0.25, -0.2) is 0 Å². The highest BCUT2D eigenvalue weighted by Crippen LogP contribution is 2.27. The maximum absolute atomic E-state index is 11.9. The first-order valence-electron chi connectivity index (χ1n) is 8.12. The Labute approximate surface area is 146 Å². The van der Waals surface area contributed by atoms with E-state index >= 15 is 0 Å². The Hall–Kier alpha value is -3.32. The van der Waals surface area contributed by atoms with Crippen LogP contribution in [0.1, 0.15) is 23.7 Å². The first kappa shape index (κ1) is 16.5. The Kier molecular flexibility index (Phi) is 4.67. The van der Waals surface area contributed by atoms with Crippen molar-refractivity contribution in [2.75, 3.05) is 0 Å². The molecule has 0 atom stereocenters. The number of hydrogen-bond donors (Lipinski definition) is 1. The van der Waals surface area contributed by atoms with Gasteiger partial charge in [0.1, 0.15) is 23.1 Å². The molecule has 1 aromatic heterocycles. The maximum Gasteiger partial charge on any atom is 0.266 e. The van der Waals surface area contributed by atoms with Crippen molar-refractivity contribution in [2.45, 2.75) is 20.3 Å². The van der Waals surface area contributed by atoms with Crippen LogP contribution in [-0.2, 0) is 6.42 Å². The van der Waals surface area contributed by atoms with Gasteiger partial charge in [0, 0.05) is 11.3 Å². The van der Waals surface area contributed by atoms with Gasteiger partial charge in [-0.15, -0.1) is 0 Å². The second-order valence-corrected chi connectivity index (χ2v) is 5.81. The van der Waals surface area contributed by atoms with E-state index in [9.17, 15) is 10.1 Å². The Morgan fingerprint density at radius 1 is 1.04 bits per heavy atom. The molecule has 3 aromatic rings. The average molecular weight is 330 g/mol. The number of nitrogens with zero attached hydrogens (tertiary/aromatic N) is 1. The second-order valence-electron chi connectivity index (χ2n) is 5.81. The number of aromatic nitrogens is 1. The number of nitrogens with one attached hydrogen (secondary N) is 1. The lowest BCUT2D eigenvalue weighted by Gasteiger charge is -2.09. The van der Waals surface area contributed by atoms with E-state index in [4.69, 9.17) is 4.74 Å². The molecule has 0 amide bonds. The normalized spacial score (nSPS) is 10.3. The van der Waals surface area contributed by atoms with Crippen molar-refractivity contribution in [1.82, 2.24) is 4.98 Å². The van der Waals surface area contributed by atoms with Crippen LogP contribution in [0.2, 0.25) is 0 Å². The Balaban J connectivity index is 1.88. The predicted molar refractivity (Wildman–Crippen MR) is 97.8 cm³/mol. The number of benzene rings is 2. The van der Waals surface area contributed by atoms with Crippen molar-refractivity contribution in [2.24, 2.45) is 0 Å². The molecule has 0 saturated carbocycles. The van der Waals surface area contributed by atoms with Crippen LogP contribution in [-0.4, -0.2) is 4.98 Å². The summed E-state index contributed by atoms with van der Waals surface area (Å²) in [7, 11) is 0. The quantitative estimate of drug-likeness (QED) is 0.761. The van der Waals surface area contributed by atoms with Crippen molar-refractivity contribution in [1.29, 1.82) is 5.26 Å². The zero-order valence-electron chi connectivity index (χ0n) is 14.2. The number of pyridine rings is 1. The van der Waals surface area contributed by atoms with Gasteiger partial charge in [-0.1, -0.05) is 31.2 Å². The zero-order valence-corrected chi connectivity index (χ0v) is 14.2. The third kappa shape index (κ3) is 3.61. The van der Waals surface area contributed by atoms with E-state index in [1.165, 1.54) is 5.56 Å². The summed E-state index contributed by atoms with van der Waals surface area (Å²) < 4.78 is 5.84. The third-order valence-corrected chi connectivity index (χ3v) is 4.01. The summed E-state index contributed by atoms with van der Waals surface area (Å²) in [4.78, 5) is 14.6. The number of rotatable bonds is 4. The number of ether oxygens (including phenoxy) is 1. The van der Waals surface area contributed by atoms with E-state index in [2.05, 4.69) is 11.9 Å². The van der Waals surface area contributed by atoms with Crippen LogP contribution in [0.5, 0.6) is 11.5 Å². The fourth-order valence-corrected chi connectivity index (χ4v) is 2.66. The minimum absolute atomic E-state index is 0.120. The fraction of sp³-hybridized carbons (Fsp3) is 0.143. The molecule has 124 valence electrons. The van der Waals surface area contributed by atoms with Gasteiger partial charge in [-0.3, -0.25) is 4.79 Å². The van der Waals surface area contributed by atoms with E-state index in [1.807, 2.05) is 54.6 Å². The third-order valence-electron chi connectivity index (χ3n) is 4.01. The highest BCUT2D eigenvalue weighted by Gasteiger charge is 2.10. The molecular formula is C21H18N2O2. The smallest absolute Gasteiger partial charge is 0.266 e. The molecule has 0 unspecified atom stereocenters. The number of aryl methyl sites for hydroxylation is 2. The van der Waals surface area contributed by atoms with Crippen molar-refractivity contribution >= 4 is 0 Å². The number of aromatic amines is 1. The van der Waals surface area contributed by atoms with E-state index in [1.54, 1.807) is 13.0 Å². The standard InChI is InChI=1S/C21H18N2O2/c1-3-15-4-8-17(9-5-15)25-18-10-6-16(7-11-18)19-12-14(2)23-21(24)20(19)13-22/h4-12H,3H2,1-2H3,(H,23,24). The SMILES string of the molecule is CCc1ccc(Oc2ccc(-c3cc(C)[nH]c(=O)c3C#N)cc2)cc1. The minimum Gasteiger partial charge on any atom is -0.457 e. The molecule has 0 bridgehead atoms. The van der Waals surface area contributed by atoms with Crippen molar-refractivity contribution < 1.29 is 4.74 Å². The monoisotopic (exact) mass is 330 g/mol. The first-order chi connectivity index (χ1) is 12.1. The zero-order chi connectivity index (χ0) is 17.8. The van der Waals surface area contributed by atoms with E-state index in [0.29, 0.717) is 11.3 Å². The van der Waals surface area contributed by atoms with Gasteiger partial charge >= 0.3 is 0 Å².